The Bertz CT molecular complexity index is 801. The Labute approximate surface area is 159 Å². The summed E-state index contributed by atoms with van der Waals surface area (Å²) in [5.74, 6) is 1.50. The second-order valence-corrected chi connectivity index (χ2v) is 7.28. The highest BCUT2D eigenvalue weighted by Gasteiger charge is 2.38. The molecule has 27 heavy (non-hydrogen) atoms. The number of fused-ring (bicyclic) bond motifs is 1. The lowest BCUT2D eigenvalue weighted by Crippen LogP contribution is -2.43. The van der Waals surface area contributed by atoms with Gasteiger partial charge in [-0.3, -0.25) is 0 Å². The quantitative estimate of drug-likeness (QED) is 0.748. The Morgan fingerprint density at radius 2 is 1.89 bits per heavy atom. The molecule has 1 unspecified atom stereocenters. The molecular formula is C21H25NO5. The molecule has 0 saturated heterocycles. The first-order valence-corrected chi connectivity index (χ1v) is 8.89. The lowest BCUT2D eigenvalue weighted by atomic mass is 9.78. The molecule has 1 aliphatic heterocycles. The highest BCUT2D eigenvalue weighted by molar-refractivity contribution is 5.69. The van der Waals surface area contributed by atoms with Crippen LogP contribution in [0, 0.1) is 5.41 Å². The normalized spacial score (nSPS) is 17.5. The molecule has 0 saturated carbocycles. The van der Waals surface area contributed by atoms with E-state index in [1.807, 2.05) is 56.3 Å². The zero-order valence-electron chi connectivity index (χ0n) is 15.8. The van der Waals surface area contributed by atoms with Crippen molar-refractivity contribution >= 4 is 6.09 Å². The third-order valence-corrected chi connectivity index (χ3v) is 4.72. The molecule has 1 heterocycles. The van der Waals surface area contributed by atoms with Gasteiger partial charge in [0.1, 0.15) is 18.1 Å². The number of hydrogen-bond donors (Lipinski definition) is 2. The van der Waals surface area contributed by atoms with Gasteiger partial charge in [-0.1, -0.05) is 38.1 Å². The van der Waals surface area contributed by atoms with E-state index in [0.717, 1.165) is 22.4 Å². The van der Waals surface area contributed by atoms with Gasteiger partial charge in [0, 0.05) is 18.1 Å². The van der Waals surface area contributed by atoms with E-state index < -0.39 is 6.09 Å². The number of amides is 1. The van der Waals surface area contributed by atoms with Crippen LogP contribution in [-0.4, -0.2) is 38.1 Å². The van der Waals surface area contributed by atoms with Crippen molar-refractivity contribution in [3.8, 4) is 22.6 Å². The SMILES string of the molecule is COCCOc1ccc(-c2ccc3c(c2)OCC(C)(C)C3NC(=O)O)cc1. The van der Waals surface area contributed by atoms with Crippen LogP contribution in [0.1, 0.15) is 25.5 Å². The second-order valence-electron chi connectivity index (χ2n) is 7.28. The van der Waals surface area contributed by atoms with Crippen molar-refractivity contribution in [2.24, 2.45) is 5.41 Å². The van der Waals surface area contributed by atoms with Gasteiger partial charge in [0.2, 0.25) is 0 Å². The number of methoxy groups -OCH3 is 1. The van der Waals surface area contributed by atoms with Gasteiger partial charge in [0.25, 0.3) is 0 Å². The zero-order valence-corrected chi connectivity index (χ0v) is 15.8. The van der Waals surface area contributed by atoms with Crippen LogP contribution in [-0.2, 0) is 4.74 Å². The Morgan fingerprint density at radius 3 is 2.56 bits per heavy atom. The molecule has 0 radical (unpaired) electrons. The number of benzene rings is 2. The van der Waals surface area contributed by atoms with Gasteiger partial charge in [-0.15, -0.1) is 0 Å². The molecule has 2 aromatic carbocycles. The summed E-state index contributed by atoms with van der Waals surface area (Å²) in [6, 6.07) is 13.4. The molecule has 1 aliphatic rings. The maximum Gasteiger partial charge on any atom is 0.405 e. The van der Waals surface area contributed by atoms with Gasteiger partial charge in [0.15, 0.2) is 0 Å². The first-order chi connectivity index (χ1) is 12.9. The Morgan fingerprint density at radius 1 is 1.19 bits per heavy atom. The van der Waals surface area contributed by atoms with E-state index in [1.165, 1.54) is 0 Å². The van der Waals surface area contributed by atoms with Crippen molar-refractivity contribution in [1.29, 1.82) is 0 Å². The minimum Gasteiger partial charge on any atom is -0.493 e. The minimum atomic E-state index is -1.03. The van der Waals surface area contributed by atoms with Crippen LogP contribution in [0.15, 0.2) is 42.5 Å². The molecule has 1 amide bonds. The van der Waals surface area contributed by atoms with E-state index >= 15 is 0 Å². The molecule has 6 nitrogen and oxygen atoms in total. The molecule has 3 rings (SSSR count). The molecule has 2 aromatic rings. The van der Waals surface area contributed by atoms with E-state index in [9.17, 15) is 9.90 Å². The van der Waals surface area contributed by atoms with Crippen molar-refractivity contribution in [1.82, 2.24) is 5.32 Å². The fourth-order valence-corrected chi connectivity index (χ4v) is 3.23. The lowest BCUT2D eigenvalue weighted by Gasteiger charge is -2.39. The fourth-order valence-electron chi connectivity index (χ4n) is 3.23. The lowest BCUT2D eigenvalue weighted by molar-refractivity contribution is 0.0996. The fraction of sp³-hybridized carbons (Fsp3) is 0.381. The summed E-state index contributed by atoms with van der Waals surface area (Å²) in [5, 5.41) is 11.8. The van der Waals surface area contributed by atoms with Gasteiger partial charge in [-0.25, -0.2) is 4.79 Å². The van der Waals surface area contributed by atoms with E-state index in [4.69, 9.17) is 14.2 Å². The van der Waals surface area contributed by atoms with Crippen LogP contribution < -0.4 is 14.8 Å². The number of carbonyl (C=O) groups is 1. The Hall–Kier alpha value is -2.73. The van der Waals surface area contributed by atoms with Crippen molar-refractivity contribution in [3.05, 3.63) is 48.0 Å². The first-order valence-electron chi connectivity index (χ1n) is 8.89. The third kappa shape index (κ3) is 4.34. The summed E-state index contributed by atoms with van der Waals surface area (Å²) in [6.07, 6.45) is -1.03. The zero-order chi connectivity index (χ0) is 19.4. The van der Waals surface area contributed by atoms with Crippen LogP contribution in [0.2, 0.25) is 0 Å². The Balaban J connectivity index is 1.82. The van der Waals surface area contributed by atoms with E-state index in [1.54, 1.807) is 7.11 Å². The summed E-state index contributed by atoms with van der Waals surface area (Å²) in [5.41, 5.74) is 2.57. The minimum absolute atomic E-state index is 0.315. The van der Waals surface area contributed by atoms with Gasteiger partial charge >= 0.3 is 6.09 Å². The van der Waals surface area contributed by atoms with Crippen LogP contribution in [0.5, 0.6) is 11.5 Å². The first kappa shape index (κ1) is 19.0. The molecule has 1 atom stereocenters. The number of hydrogen-bond acceptors (Lipinski definition) is 4. The molecule has 0 bridgehead atoms. The summed E-state index contributed by atoms with van der Waals surface area (Å²) in [6.45, 7) is 5.49. The van der Waals surface area contributed by atoms with Crippen molar-refractivity contribution in [2.45, 2.75) is 19.9 Å². The summed E-state index contributed by atoms with van der Waals surface area (Å²) < 4.78 is 16.5. The number of ether oxygens (including phenoxy) is 3. The molecule has 0 aromatic heterocycles. The predicted octanol–water partition coefficient (Wildman–Crippen LogP) is 4.11. The van der Waals surface area contributed by atoms with Crippen molar-refractivity contribution in [2.75, 3.05) is 26.9 Å². The smallest absolute Gasteiger partial charge is 0.405 e. The molecule has 2 N–H and O–H groups in total. The number of rotatable bonds is 6. The maximum absolute atomic E-state index is 11.2. The van der Waals surface area contributed by atoms with E-state index in [0.29, 0.717) is 25.6 Å². The highest BCUT2D eigenvalue weighted by atomic mass is 16.5. The Kier molecular flexibility index (Phi) is 5.56. The van der Waals surface area contributed by atoms with Gasteiger partial charge in [-0.2, -0.15) is 0 Å². The molecule has 0 aliphatic carbocycles. The van der Waals surface area contributed by atoms with Crippen LogP contribution in [0.3, 0.4) is 0 Å². The second kappa shape index (κ2) is 7.88. The molecule has 6 heteroatoms. The van der Waals surface area contributed by atoms with Gasteiger partial charge < -0.3 is 24.6 Å². The average molecular weight is 371 g/mol. The van der Waals surface area contributed by atoms with Crippen molar-refractivity contribution < 1.29 is 24.1 Å². The number of nitrogens with one attached hydrogen (secondary N) is 1. The molecule has 0 fully saturated rings. The summed E-state index contributed by atoms with van der Waals surface area (Å²) in [7, 11) is 1.64. The van der Waals surface area contributed by atoms with Crippen LogP contribution in [0.4, 0.5) is 4.79 Å². The van der Waals surface area contributed by atoms with E-state index in [2.05, 4.69) is 5.32 Å². The van der Waals surface area contributed by atoms with Gasteiger partial charge in [0.05, 0.1) is 19.3 Å². The molecule has 0 spiro atoms. The largest absolute Gasteiger partial charge is 0.493 e. The average Bonchev–Trinajstić information content (AvgIpc) is 2.64. The summed E-state index contributed by atoms with van der Waals surface area (Å²) in [4.78, 5) is 11.2. The predicted molar refractivity (Wildman–Crippen MR) is 102 cm³/mol. The van der Waals surface area contributed by atoms with Gasteiger partial charge in [-0.05, 0) is 29.3 Å². The molecule has 144 valence electrons. The molecular weight excluding hydrogens is 346 g/mol. The highest BCUT2D eigenvalue weighted by Crippen LogP contribution is 2.44. The monoisotopic (exact) mass is 371 g/mol. The topological polar surface area (TPSA) is 77.0 Å². The standard InChI is InChI=1S/C21H25NO5/c1-21(2)13-27-18-12-15(6-9-17(18)19(21)22-20(23)24)14-4-7-16(8-5-14)26-11-10-25-3/h4-9,12,19,22H,10-11,13H2,1-3H3,(H,23,24). The van der Waals surface area contributed by atoms with Crippen LogP contribution in [0.25, 0.3) is 11.1 Å². The number of carboxylic acid groups (broad SMARTS) is 1. The van der Waals surface area contributed by atoms with E-state index in [-0.39, 0.29) is 11.5 Å². The van der Waals surface area contributed by atoms with Crippen molar-refractivity contribution in [3.63, 3.8) is 0 Å². The third-order valence-electron chi connectivity index (χ3n) is 4.72. The maximum atomic E-state index is 11.2. The summed E-state index contributed by atoms with van der Waals surface area (Å²) >= 11 is 0. The van der Waals surface area contributed by atoms with Crippen LogP contribution >= 0.6 is 0 Å².